The van der Waals surface area contributed by atoms with Gasteiger partial charge in [0.25, 0.3) is 0 Å². The van der Waals surface area contributed by atoms with E-state index >= 15 is 0 Å². The lowest BCUT2D eigenvalue weighted by Crippen LogP contribution is -2.38. The smallest absolute Gasteiger partial charge is 0.242 e. The van der Waals surface area contributed by atoms with Crippen molar-refractivity contribution >= 4 is 17.2 Å². The molecule has 3 unspecified atom stereocenters. The summed E-state index contributed by atoms with van der Waals surface area (Å²) in [4.78, 5) is 12.7. The molecule has 1 amide bonds. The normalized spacial score (nSPS) is 25.8. The van der Waals surface area contributed by atoms with Crippen LogP contribution < -0.4 is 11.1 Å². The van der Waals surface area contributed by atoms with Gasteiger partial charge in [0.15, 0.2) is 0 Å². The molecule has 3 atom stereocenters. The molecule has 1 aliphatic rings. The molecule has 0 spiro atoms. The van der Waals surface area contributed by atoms with E-state index in [0.29, 0.717) is 6.54 Å². The summed E-state index contributed by atoms with van der Waals surface area (Å²) in [5.74, 6) is 0.0287. The molecule has 1 saturated carbocycles. The van der Waals surface area contributed by atoms with Crippen molar-refractivity contribution in [2.75, 3.05) is 6.54 Å². The summed E-state index contributed by atoms with van der Waals surface area (Å²) in [5.41, 5.74) is 5.84. The highest BCUT2D eigenvalue weighted by Crippen LogP contribution is 2.25. The largest absolute Gasteiger partial charge is 0.393 e. The van der Waals surface area contributed by atoms with Crippen LogP contribution in [0.2, 0.25) is 0 Å². The second-order valence-corrected chi connectivity index (χ2v) is 5.48. The molecule has 1 fully saturated rings. The van der Waals surface area contributed by atoms with E-state index in [1.165, 1.54) is 11.3 Å². The predicted molar refractivity (Wildman–Crippen MR) is 67.6 cm³/mol. The molecular weight excluding hydrogens is 236 g/mol. The topological polar surface area (TPSA) is 75.4 Å². The van der Waals surface area contributed by atoms with E-state index in [2.05, 4.69) is 5.32 Å². The Bertz CT molecular complexity index is 367. The lowest BCUT2D eigenvalue weighted by Gasteiger charge is -2.17. The van der Waals surface area contributed by atoms with Crippen molar-refractivity contribution in [2.45, 2.75) is 31.4 Å². The fourth-order valence-corrected chi connectivity index (χ4v) is 2.92. The van der Waals surface area contributed by atoms with Gasteiger partial charge in [0, 0.05) is 17.3 Å². The lowest BCUT2D eigenvalue weighted by atomic mass is 10.1. The molecule has 0 aliphatic heterocycles. The zero-order valence-corrected chi connectivity index (χ0v) is 10.5. The van der Waals surface area contributed by atoms with E-state index in [9.17, 15) is 9.90 Å². The number of hydrogen-bond donors (Lipinski definition) is 3. The van der Waals surface area contributed by atoms with Crippen LogP contribution in [0.4, 0.5) is 0 Å². The first-order valence-electron chi connectivity index (χ1n) is 5.93. The zero-order valence-electron chi connectivity index (χ0n) is 9.63. The third-order valence-electron chi connectivity index (χ3n) is 3.29. The predicted octanol–water partition coefficient (Wildman–Crippen LogP) is 1.03. The summed E-state index contributed by atoms with van der Waals surface area (Å²) in [6.45, 7) is 0.527. The Morgan fingerprint density at radius 3 is 3.06 bits per heavy atom. The maximum absolute atomic E-state index is 11.8. The van der Waals surface area contributed by atoms with Crippen LogP contribution in [-0.4, -0.2) is 23.7 Å². The molecule has 1 aromatic rings. The number of rotatable bonds is 4. The number of nitrogens with two attached hydrogens (primary N) is 1. The second kappa shape index (κ2) is 5.62. The molecule has 4 N–H and O–H groups in total. The first-order chi connectivity index (χ1) is 8.18. The molecule has 4 nitrogen and oxygen atoms in total. The summed E-state index contributed by atoms with van der Waals surface area (Å²) in [5, 5.41) is 14.4. The van der Waals surface area contributed by atoms with Gasteiger partial charge in [0.1, 0.15) is 6.04 Å². The Balaban J connectivity index is 1.81. The van der Waals surface area contributed by atoms with Crippen LogP contribution in [0.5, 0.6) is 0 Å². The third kappa shape index (κ3) is 3.06. The standard InChI is InChI=1S/C12H18N2O2S/c13-11(10-5-2-6-17-10)12(16)14-7-8-3-1-4-9(8)15/h2,5-6,8-9,11,15H,1,3-4,7,13H2,(H,14,16). The van der Waals surface area contributed by atoms with Gasteiger partial charge in [-0.15, -0.1) is 11.3 Å². The highest BCUT2D eigenvalue weighted by atomic mass is 32.1. The van der Waals surface area contributed by atoms with Crippen molar-refractivity contribution in [1.82, 2.24) is 5.32 Å². The summed E-state index contributed by atoms with van der Waals surface area (Å²) in [7, 11) is 0. The first-order valence-corrected chi connectivity index (χ1v) is 6.81. The lowest BCUT2D eigenvalue weighted by molar-refractivity contribution is -0.122. The van der Waals surface area contributed by atoms with E-state index in [1.54, 1.807) is 0 Å². The Kier molecular flexibility index (Phi) is 4.15. The summed E-state index contributed by atoms with van der Waals surface area (Å²) in [6.07, 6.45) is 2.60. The molecule has 94 valence electrons. The van der Waals surface area contributed by atoms with Gasteiger partial charge in [0.05, 0.1) is 6.10 Å². The number of amides is 1. The Morgan fingerprint density at radius 1 is 1.65 bits per heavy atom. The molecule has 0 saturated heterocycles. The maximum Gasteiger partial charge on any atom is 0.242 e. The average Bonchev–Trinajstić information content (AvgIpc) is 2.96. The summed E-state index contributed by atoms with van der Waals surface area (Å²) < 4.78 is 0. The number of nitrogens with one attached hydrogen (secondary N) is 1. The monoisotopic (exact) mass is 254 g/mol. The molecule has 1 aliphatic carbocycles. The zero-order chi connectivity index (χ0) is 12.3. The van der Waals surface area contributed by atoms with E-state index < -0.39 is 6.04 Å². The van der Waals surface area contributed by atoms with Gasteiger partial charge >= 0.3 is 0 Å². The highest BCUT2D eigenvalue weighted by Gasteiger charge is 2.26. The number of aliphatic hydroxyl groups is 1. The maximum atomic E-state index is 11.8. The van der Waals surface area contributed by atoms with Crippen molar-refractivity contribution < 1.29 is 9.90 Å². The first kappa shape index (κ1) is 12.5. The molecule has 0 aromatic carbocycles. The van der Waals surface area contributed by atoms with Crippen molar-refractivity contribution in [1.29, 1.82) is 0 Å². The molecule has 0 radical (unpaired) electrons. The van der Waals surface area contributed by atoms with Crippen LogP contribution in [-0.2, 0) is 4.79 Å². The van der Waals surface area contributed by atoms with Crippen molar-refractivity contribution in [3.8, 4) is 0 Å². The fourth-order valence-electron chi connectivity index (χ4n) is 2.19. The van der Waals surface area contributed by atoms with E-state index in [0.717, 1.165) is 24.1 Å². The fraction of sp³-hybridized carbons (Fsp3) is 0.583. The molecule has 2 rings (SSSR count). The SMILES string of the molecule is NC(C(=O)NCC1CCCC1O)c1cccs1. The second-order valence-electron chi connectivity index (χ2n) is 4.50. The van der Waals surface area contributed by atoms with Crippen molar-refractivity contribution in [3.05, 3.63) is 22.4 Å². The van der Waals surface area contributed by atoms with Gasteiger partial charge in [-0.3, -0.25) is 4.79 Å². The van der Waals surface area contributed by atoms with Gasteiger partial charge < -0.3 is 16.2 Å². The van der Waals surface area contributed by atoms with Gasteiger partial charge in [-0.25, -0.2) is 0 Å². The molecule has 5 heteroatoms. The van der Waals surface area contributed by atoms with E-state index in [-0.39, 0.29) is 17.9 Å². The third-order valence-corrected chi connectivity index (χ3v) is 4.25. The highest BCUT2D eigenvalue weighted by molar-refractivity contribution is 7.10. The minimum Gasteiger partial charge on any atom is -0.393 e. The Morgan fingerprint density at radius 2 is 2.47 bits per heavy atom. The Hall–Kier alpha value is -0.910. The van der Waals surface area contributed by atoms with Crippen LogP contribution in [0.1, 0.15) is 30.2 Å². The average molecular weight is 254 g/mol. The van der Waals surface area contributed by atoms with Crippen LogP contribution in [0.15, 0.2) is 17.5 Å². The minimum absolute atomic E-state index is 0.161. The van der Waals surface area contributed by atoms with Crippen LogP contribution in [0, 0.1) is 5.92 Å². The number of carbonyl (C=O) groups is 1. The molecule has 0 bridgehead atoms. The quantitative estimate of drug-likeness (QED) is 0.751. The molecule has 1 aromatic heterocycles. The Labute approximate surface area is 105 Å². The molecular formula is C12H18N2O2S. The summed E-state index contributed by atoms with van der Waals surface area (Å²) in [6, 6.07) is 3.15. The van der Waals surface area contributed by atoms with Crippen LogP contribution >= 0.6 is 11.3 Å². The van der Waals surface area contributed by atoms with Crippen LogP contribution in [0.25, 0.3) is 0 Å². The molecule has 17 heavy (non-hydrogen) atoms. The van der Waals surface area contributed by atoms with Crippen molar-refractivity contribution in [3.63, 3.8) is 0 Å². The number of hydrogen-bond acceptors (Lipinski definition) is 4. The van der Waals surface area contributed by atoms with E-state index in [4.69, 9.17) is 5.73 Å². The molecule has 1 heterocycles. The minimum atomic E-state index is -0.589. The van der Waals surface area contributed by atoms with Gasteiger partial charge in [0.2, 0.25) is 5.91 Å². The summed E-state index contributed by atoms with van der Waals surface area (Å²) >= 11 is 1.48. The van der Waals surface area contributed by atoms with Gasteiger partial charge in [-0.05, 0) is 24.3 Å². The van der Waals surface area contributed by atoms with Crippen molar-refractivity contribution in [2.24, 2.45) is 11.7 Å². The van der Waals surface area contributed by atoms with E-state index in [1.807, 2.05) is 17.5 Å². The van der Waals surface area contributed by atoms with Gasteiger partial charge in [-0.2, -0.15) is 0 Å². The number of carbonyl (C=O) groups excluding carboxylic acids is 1. The number of thiophene rings is 1. The van der Waals surface area contributed by atoms with Crippen LogP contribution in [0.3, 0.4) is 0 Å². The van der Waals surface area contributed by atoms with Gasteiger partial charge in [-0.1, -0.05) is 12.5 Å². The number of aliphatic hydroxyl groups excluding tert-OH is 1.